The smallest absolute Gasteiger partial charge is 0.306 e. The molecular formula is C22H24ClNO4. The maximum absolute atomic E-state index is 13.3. The van der Waals surface area contributed by atoms with Crippen molar-refractivity contribution in [3.63, 3.8) is 0 Å². The van der Waals surface area contributed by atoms with E-state index in [-0.39, 0.29) is 24.9 Å². The average Bonchev–Trinajstić information content (AvgIpc) is 2.69. The highest BCUT2D eigenvalue weighted by atomic mass is 35.5. The van der Waals surface area contributed by atoms with E-state index in [1.165, 1.54) is 4.90 Å². The Morgan fingerprint density at radius 1 is 1.18 bits per heavy atom. The number of likely N-dealkylation sites (tertiary alicyclic amines) is 1. The van der Waals surface area contributed by atoms with Gasteiger partial charge < -0.3 is 14.7 Å². The van der Waals surface area contributed by atoms with Crippen LogP contribution in [0.3, 0.4) is 0 Å². The van der Waals surface area contributed by atoms with Crippen molar-refractivity contribution in [1.82, 2.24) is 4.90 Å². The van der Waals surface area contributed by atoms with Crippen LogP contribution < -0.4 is 0 Å². The summed E-state index contributed by atoms with van der Waals surface area (Å²) in [6, 6.07) is 16.7. The second kappa shape index (κ2) is 9.22. The first-order chi connectivity index (χ1) is 13.5. The van der Waals surface area contributed by atoms with E-state index in [9.17, 15) is 14.7 Å². The van der Waals surface area contributed by atoms with Crippen molar-refractivity contribution in [2.75, 3.05) is 6.61 Å². The number of nitrogens with zero attached hydrogens (tertiary/aromatic N) is 1. The number of hydrogen-bond donors (Lipinski definition) is 1. The molecule has 1 fully saturated rings. The van der Waals surface area contributed by atoms with Gasteiger partial charge in [0.15, 0.2) is 0 Å². The van der Waals surface area contributed by atoms with Gasteiger partial charge in [-0.2, -0.15) is 0 Å². The van der Waals surface area contributed by atoms with Crippen LogP contribution >= 0.6 is 11.6 Å². The lowest BCUT2D eigenvalue weighted by Crippen LogP contribution is -2.50. The van der Waals surface area contributed by atoms with Crippen molar-refractivity contribution in [2.45, 2.75) is 38.5 Å². The number of halogens is 1. The van der Waals surface area contributed by atoms with Gasteiger partial charge in [0, 0.05) is 17.5 Å². The van der Waals surface area contributed by atoms with Crippen LogP contribution in [0.1, 0.15) is 36.8 Å². The first kappa shape index (κ1) is 20.4. The van der Waals surface area contributed by atoms with E-state index in [1.54, 1.807) is 19.1 Å². The van der Waals surface area contributed by atoms with E-state index in [4.69, 9.17) is 16.3 Å². The molecule has 0 spiro atoms. The summed E-state index contributed by atoms with van der Waals surface area (Å²) < 4.78 is 5.08. The van der Waals surface area contributed by atoms with Crippen LogP contribution in [0.4, 0.5) is 0 Å². The molecular weight excluding hydrogens is 378 g/mol. The summed E-state index contributed by atoms with van der Waals surface area (Å²) in [5, 5.41) is 11.3. The van der Waals surface area contributed by atoms with Crippen LogP contribution in [-0.4, -0.2) is 34.7 Å². The molecule has 0 saturated carbocycles. The zero-order chi connectivity index (χ0) is 20.1. The van der Waals surface area contributed by atoms with Crippen LogP contribution in [0, 0.1) is 5.92 Å². The number of carbonyl (C=O) groups is 2. The third-order valence-electron chi connectivity index (χ3n) is 5.10. The van der Waals surface area contributed by atoms with Crippen LogP contribution in [0.2, 0.25) is 5.02 Å². The Hall–Kier alpha value is -2.37. The molecule has 1 amide bonds. The molecule has 148 valence electrons. The minimum Gasteiger partial charge on any atom is -0.466 e. The Kier molecular flexibility index (Phi) is 6.70. The van der Waals surface area contributed by atoms with Crippen LogP contribution in [0.15, 0.2) is 54.6 Å². The Morgan fingerprint density at radius 3 is 2.50 bits per heavy atom. The first-order valence-electron chi connectivity index (χ1n) is 9.43. The molecule has 0 radical (unpaired) electrons. The van der Waals surface area contributed by atoms with Crippen molar-refractivity contribution < 1.29 is 19.4 Å². The highest BCUT2D eigenvalue weighted by Gasteiger charge is 2.43. The molecule has 1 saturated heterocycles. The number of amides is 1. The summed E-state index contributed by atoms with van der Waals surface area (Å²) in [5.41, 5.74) is 1.81. The van der Waals surface area contributed by atoms with Gasteiger partial charge in [-0.1, -0.05) is 54.1 Å². The molecule has 2 aromatic rings. The zero-order valence-electron chi connectivity index (χ0n) is 15.8. The molecule has 2 aromatic carbocycles. The highest BCUT2D eigenvalue weighted by molar-refractivity contribution is 6.30. The Balaban J connectivity index is 1.87. The summed E-state index contributed by atoms with van der Waals surface area (Å²) in [6.45, 7) is 2.30. The molecule has 0 bridgehead atoms. The topological polar surface area (TPSA) is 66.8 Å². The van der Waals surface area contributed by atoms with Crippen molar-refractivity contribution in [3.05, 3.63) is 70.7 Å². The third-order valence-corrected chi connectivity index (χ3v) is 5.35. The van der Waals surface area contributed by atoms with Crippen molar-refractivity contribution in [2.24, 2.45) is 5.92 Å². The van der Waals surface area contributed by atoms with Crippen LogP contribution in [0.5, 0.6) is 0 Å². The lowest BCUT2D eigenvalue weighted by atomic mass is 9.77. The quantitative estimate of drug-likeness (QED) is 0.749. The number of aliphatic hydroxyl groups is 1. The molecule has 28 heavy (non-hydrogen) atoms. The van der Waals surface area contributed by atoms with Crippen molar-refractivity contribution in [1.29, 1.82) is 0 Å². The summed E-state index contributed by atoms with van der Waals surface area (Å²) in [7, 11) is 0. The molecule has 1 unspecified atom stereocenters. The summed E-state index contributed by atoms with van der Waals surface area (Å²) in [4.78, 5) is 26.9. The number of esters is 1. The molecule has 3 rings (SSSR count). The van der Waals surface area contributed by atoms with Gasteiger partial charge in [0.05, 0.1) is 18.9 Å². The Labute approximate surface area is 169 Å². The van der Waals surface area contributed by atoms with Gasteiger partial charge >= 0.3 is 5.97 Å². The van der Waals surface area contributed by atoms with Crippen molar-refractivity contribution >= 4 is 23.5 Å². The number of piperidine rings is 1. The molecule has 1 aliphatic heterocycles. The van der Waals surface area contributed by atoms with Gasteiger partial charge in [0.1, 0.15) is 6.23 Å². The van der Waals surface area contributed by atoms with E-state index in [2.05, 4.69) is 0 Å². The minimum absolute atomic E-state index is 0.0159. The monoisotopic (exact) mass is 401 g/mol. The molecule has 3 atom stereocenters. The van der Waals surface area contributed by atoms with E-state index >= 15 is 0 Å². The van der Waals surface area contributed by atoms with Crippen molar-refractivity contribution in [3.8, 4) is 0 Å². The van der Waals surface area contributed by atoms with Gasteiger partial charge in [0.2, 0.25) is 5.91 Å². The minimum atomic E-state index is -0.924. The average molecular weight is 402 g/mol. The fourth-order valence-corrected chi connectivity index (χ4v) is 3.85. The Morgan fingerprint density at radius 2 is 1.86 bits per heavy atom. The zero-order valence-corrected chi connectivity index (χ0v) is 16.5. The molecule has 1 aliphatic rings. The second-order valence-electron chi connectivity index (χ2n) is 6.94. The summed E-state index contributed by atoms with van der Waals surface area (Å²) >= 11 is 5.98. The number of hydrogen-bond acceptors (Lipinski definition) is 4. The number of rotatable bonds is 6. The molecule has 1 heterocycles. The van der Waals surface area contributed by atoms with Gasteiger partial charge in [0.25, 0.3) is 0 Å². The van der Waals surface area contributed by atoms with E-state index < -0.39 is 18.1 Å². The largest absolute Gasteiger partial charge is 0.466 e. The second-order valence-corrected chi connectivity index (χ2v) is 7.38. The molecule has 5 nitrogen and oxygen atoms in total. The van der Waals surface area contributed by atoms with E-state index in [0.717, 1.165) is 11.1 Å². The maximum atomic E-state index is 13.3. The number of aliphatic hydroxyl groups excluding tert-OH is 1. The third kappa shape index (κ3) is 4.72. The van der Waals surface area contributed by atoms with Gasteiger partial charge in [-0.05, 0) is 36.6 Å². The number of benzene rings is 2. The van der Waals surface area contributed by atoms with E-state index in [0.29, 0.717) is 18.0 Å². The van der Waals surface area contributed by atoms with E-state index in [1.807, 2.05) is 42.5 Å². The molecule has 1 N–H and O–H groups in total. The molecule has 6 heteroatoms. The summed E-state index contributed by atoms with van der Waals surface area (Å²) in [5.74, 6) is -1.52. The lowest BCUT2D eigenvalue weighted by Gasteiger charge is -2.41. The fraction of sp³-hybridized carbons (Fsp3) is 0.364. The van der Waals surface area contributed by atoms with Crippen LogP contribution in [0.25, 0.3) is 0 Å². The fourth-order valence-electron chi connectivity index (χ4n) is 3.72. The SMILES string of the molecule is CCOC(=O)C[C@@H]1C(=O)N(Cc2ccccc2)C(O)C[C@H]1c1ccc(Cl)cc1. The predicted molar refractivity (Wildman–Crippen MR) is 107 cm³/mol. The highest BCUT2D eigenvalue weighted by Crippen LogP contribution is 2.39. The Bertz CT molecular complexity index is 809. The van der Waals surface area contributed by atoms with Gasteiger partial charge in [-0.3, -0.25) is 9.59 Å². The first-order valence-corrected chi connectivity index (χ1v) is 9.81. The lowest BCUT2D eigenvalue weighted by molar-refractivity contribution is -0.161. The maximum Gasteiger partial charge on any atom is 0.306 e. The predicted octanol–water partition coefficient (Wildman–Crippen LogP) is 3.74. The van der Waals surface area contributed by atoms with Gasteiger partial charge in [-0.25, -0.2) is 0 Å². The van der Waals surface area contributed by atoms with Crippen LogP contribution in [-0.2, 0) is 20.9 Å². The summed E-state index contributed by atoms with van der Waals surface area (Å²) in [6.07, 6.45) is -0.589. The molecule has 0 aliphatic carbocycles. The normalized spacial score (nSPS) is 22.2. The number of ether oxygens (including phenoxy) is 1. The number of carbonyl (C=O) groups excluding carboxylic acids is 2. The molecule has 0 aromatic heterocycles. The standard InChI is InChI=1S/C22H24ClNO4/c1-2-28-21(26)13-19-18(16-8-10-17(23)11-9-16)12-20(25)24(22(19)27)14-15-6-4-3-5-7-15/h3-11,18-20,25H,2,12-14H2,1H3/t18-,19-,20?/m0/s1. The van der Waals surface area contributed by atoms with Gasteiger partial charge in [-0.15, -0.1) is 0 Å².